The molecule has 9 nitrogen and oxygen atoms in total. The zero-order valence-electron chi connectivity index (χ0n) is 14.0. The van der Waals surface area contributed by atoms with Crippen LogP contribution in [0.1, 0.15) is 17.4 Å². The predicted molar refractivity (Wildman–Crippen MR) is 93.7 cm³/mol. The molecule has 3 rings (SSSR count). The number of hydrogen-bond donors (Lipinski definition) is 2. The lowest BCUT2D eigenvalue weighted by Crippen LogP contribution is -2.29. The number of benzene rings is 1. The Hall–Kier alpha value is -2.91. The second-order valence-electron chi connectivity index (χ2n) is 5.13. The van der Waals surface area contributed by atoms with Crippen molar-refractivity contribution in [1.29, 1.82) is 0 Å². The highest BCUT2D eigenvalue weighted by atomic mass is 35.5. The maximum Gasteiger partial charge on any atom is 0.246 e. The molecule has 1 amide bonds. The molecule has 0 spiro atoms. The normalized spacial score (nSPS) is 10.2. The summed E-state index contributed by atoms with van der Waals surface area (Å²) in [6.07, 6.45) is 1.90. The van der Waals surface area contributed by atoms with Gasteiger partial charge in [0.1, 0.15) is 12.0 Å². The quantitative estimate of drug-likeness (QED) is 0.628. The van der Waals surface area contributed by atoms with Crippen LogP contribution in [0.2, 0.25) is 0 Å². The number of nitrogens with one attached hydrogen (secondary N) is 1. The summed E-state index contributed by atoms with van der Waals surface area (Å²) in [5.74, 6) is 1.72. The van der Waals surface area contributed by atoms with E-state index < -0.39 is 0 Å². The molecule has 10 heteroatoms. The second-order valence-corrected chi connectivity index (χ2v) is 5.13. The standard InChI is InChI=1S/C16H17N5O4.ClH/c1-23-12-4-2-10(3-5-12)16-19-11(9-24-16)6-13-20-15(25-21-13)8-18-14(22)7-17;/h2-5,9H,6-8,17H2,1H3,(H,18,22);1H. The van der Waals surface area contributed by atoms with Gasteiger partial charge >= 0.3 is 0 Å². The minimum Gasteiger partial charge on any atom is -0.497 e. The molecule has 0 atom stereocenters. The maximum atomic E-state index is 11.1. The van der Waals surface area contributed by atoms with Gasteiger partial charge in [-0.3, -0.25) is 4.79 Å². The van der Waals surface area contributed by atoms with Gasteiger partial charge < -0.3 is 24.7 Å². The van der Waals surface area contributed by atoms with E-state index in [0.29, 0.717) is 29.7 Å². The molecular formula is C16H18ClN5O4. The topological polar surface area (TPSA) is 129 Å². The Morgan fingerprint density at radius 2 is 2.04 bits per heavy atom. The third-order valence-electron chi connectivity index (χ3n) is 3.36. The molecule has 26 heavy (non-hydrogen) atoms. The molecule has 2 aromatic heterocycles. The number of amides is 1. The van der Waals surface area contributed by atoms with Crippen LogP contribution < -0.4 is 15.8 Å². The van der Waals surface area contributed by atoms with Crippen LogP contribution in [0.25, 0.3) is 11.5 Å². The van der Waals surface area contributed by atoms with Gasteiger partial charge in [-0.25, -0.2) is 4.98 Å². The summed E-state index contributed by atoms with van der Waals surface area (Å²) in [4.78, 5) is 19.7. The van der Waals surface area contributed by atoms with Crippen LogP contribution in [0.5, 0.6) is 5.75 Å². The van der Waals surface area contributed by atoms with Crippen molar-refractivity contribution in [2.24, 2.45) is 5.73 Å². The Kier molecular flexibility index (Phi) is 6.70. The Bertz CT molecular complexity index is 846. The van der Waals surface area contributed by atoms with Gasteiger partial charge in [0.15, 0.2) is 5.82 Å². The zero-order chi connectivity index (χ0) is 17.6. The second kappa shape index (κ2) is 8.97. The van der Waals surface area contributed by atoms with Crippen LogP contribution in [-0.4, -0.2) is 34.7 Å². The molecule has 138 valence electrons. The monoisotopic (exact) mass is 379 g/mol. The molecular weight excluding hydrogens is 362 g/mol. The molecule has 0 bridgehead atoms. The van der Waals surface area contributed by atoms with Crippen LogP contribution in [0.15, 0.2) is 39.5 Å². The average molecular weight is 380 g/mol. The number of oxazole rings is 1. The molecule has 2 heterocycles. The lowest BCUT2D eigenvalue weighted by molar-refractivity contribution is -0.120. The number of hydrogen-bond acceptors (Lipinski definition) is 8. The van der Waals surface area contributed by atoms with Crippen LogP contribution in [0.3, 0.4) is 0 Å². The van der Waals surface area contributed by atoms with Crippen molar-refractivity contribution in [3.8, 4) is 17.2 Å². The molecule has 0 aliphatic carbocycles. The summed E-state index contributed by atoms with van der Waals surface area (Å²) in [6, 6.07) is 7.39. The van der Waals surface area contributed by atoms with Gasteiger partial charge in [-0.15, -0.1) is 12.4 Å². The third-order valence-corrected chi connectivity index (χ3v) is 3.36. The largest absolute Gasteiger partial charge is 0.497 e. The molecule has 0 fully saturated rings. The minimum absolute atomic E-state index is 0. The highest BCUT2D eigenvalue weighted by molar-refractivity contribution is 5.85. The van der Waals surface area contributed by atoms with Crippen molar-refractivity contribution in [2.75, 3.05) is 13.7 Å². The summed E-state index contributed by atoms with van der Waals surface area (Å²) in [6.45, 7) is 0.0486. The van der Waals surface area contributed by atoms with Crippen LogP contribution in [-0.2, 0) is 17.8 Å². The van der Waals surface area contributed by atoms with E-state index in [4.69, 9.17) is 19.4 Å². The lowest BCUT2D eigenvalue weighted by atomic mass is 10.2. The summed E-state index contributed by atoms with van der Waals surface area (Å²) >= 11 is 0. The Morgan fingerprint density at radius 1 is 1.27 bits per heavy atom. The summed E-state index contributed by atoms with van der Waals surface area (Å²) in [7, 11) is 1.61. The fourth-order valence-electron chi connectivity index (χ4n) is 2.10. The van der Waals surface area contributed by atoms with Crippen LogP contribution >= 0.6 is 12.4 Å². The van der Waals surface area contributed by atoms with Crippen LogP contribution in [0, 0.1) is 0 Å². The number of methoxy groups -OCH3 is 1. The van der Waals surface area contributed by atoms with Gasteiger partial charge in [0.2, 0.25) is 17.7 Å². The first kappa shape index (κ1) is 19.4. The Balaban J connectivity index is 0.00000243. The molecule has 0 unspecified atom stereocenters. The van der Waals surface area contributed by atoms with Crippen molar-refractivity contribution < 1.29 is 18.5 Å². The summed E-state index contributed by atoms with van der Waals surface area (Å²) in [5, 5.41) is 6.41. The fourth-order valence-corrected chi connectivity index (χ4v) is 2.10. The van der Waals surface area contributed by atoms with E-state index in [2.05, 4.69) is 20.4 Å². The van der Waals surface area contributed by atoms with Gasteiger partial charge in [0.05, 0.1) is 32.3 Å². The smallest absolute Gasteiger partial charge is 0.246 e. The van der Waals surface area contributed by atoms with Crippen molar-refractivity contribution in [3.63, 3.8) is 0 Å². The number of carbonyl (C=O) groups excluding carboxylic acids is 1. The molecule has 3 aromatic rings. The third kappa shape index (κ3) is 4.80. The fraction of sp³-hybridized carbons (Fsp3) is 0.250. The van der Waals surface area contributed by atoms with Gasteiger partial charge in [-0.05, 0) is 24.3 Å². The van der Waals surface area contributed by atoms with E-state index in [9.17, 15) is 4.79 Å². The average Bonchev–Trinajstić information content (AvgIpc) is 3.29. The van der Waals surface area contributed by atoms with Gasteiger partial charge in [-0.2, -0.15) is 4.98 Å². The van der Waals surface area contributed by atoms with E-state index in [1.54, 1.807) is 13.4 Å². The number of nitrogens with two attached hydrogens (primary N) is 1. The molecule has 0 aliphatic heterocycles. The van der Waals surface area contributed by atoms with Crippen molar-refractivity contribution in [3.05, 3.63) is 47.9 Å². The van der Waals surface area contributed by atoms with E-state index in [1.807, 2.05) is 24.3 Å². The van der Waals surface area contributed by atoms with Crippen molar-refractivity contribution in [1.82, 2.24) is 20.4 Å². The van der Waals surface area contributed by atoms with Crippen molar-refractivity contribution in [2.45, 2.75) is 13.0 Å². The first-order chi connectivity index (χ1) is 12.2. The maximum absolute atomic E-state index is 11.1. The molecule has 0 radical (unpaired) electrons. The highest BCUT2D eigenvalue weighted by Crippen LogP contribution is 2.22. The number of halogens is 1. The predicted octanol–water partition coefficient (Wildman–Crippen LogP) is 1.32. The number of aromatic nitrogens is 3. The molecule has 3 N–H and O–H groups in total. The zero-order valence-corrected chi connectivity index (χ0v) is 14.8. The molecule has 0 saturated heterocycles. The highest BCUT2D eigenvalue weighted by Gasteiger charge is 2.12. The first-order valence-electron chi connectivity index (χ1n) is 7.55. The lowest BCUT2D eigenvalue weighted by Gasteiger charge is -1.99. The summed E-state index contributed by atoms with van der Waals surface area (Å²) in [5.41, 5.74) is 6.71. The molecule has 0 aliphatic rings. The first-order valence-corrected chi connectivity index (χ1v) is 7.55. The molecule has 0 saturated carbocycles. The van der Waals surface area contributed by atoms with E-state index in [1.165, 1.54) is 0 Å². The van der Waals surface area contributed by atoms with E-state index in [-0.39, 0.29) is 31.4 Å². The number of rotatable bonds is 7. The number of carbonyl (C=O) groups is 1. The van der Waals surface area contributed by atoms with Gasteiger partial charge in [-0.1, -0.05) is 5.16 Å². The summed E-state index contributed by atoms with van der Waals surface area (Å²) < 4.78 is 15.7. The molecule has 1 aromatic carbocycles. The van der Waals surface area contributed by atoms with E-state index in [0.717, 1.165) is 11.3 Å². The minimum atomic E-state index is -0.291. The number of nitrogens with zero attached hydrogens (tertiary/aromatic N) is 3. The van der Waals surface area contributed by atoms with E-state index >= 15 is 0 Å². The van der Waals surface area contributed by atoms with Crippen LogP contribution in [0.4, 0.5) is 0 Å². The Labute approximate surface area is 155 Å². The van der Waals surface area contributed by atoms with Gasteiger partial charge in [0, 0.05) is 5.56 Å². The SMILES string of the molecule is COc1ccc(-c2nc(Cc3noc(CNC(=O)CN)n3)co2)cc1.Cl. The van der Waals surface area contributed by atoms with Gasteiger partial charge in [0.25, 0.3) is 0 Å². The number of ether oxygens (including phenoxy) is 1. The van der Waals surface area contributed by atoms with Crippen molar-refractivity contribution >= 4 is 18.3 Å². The Morgan fingerprint density at radius 3 is 2.73 bits per heavy atom.